The topological polar surface area (TPSA) is 73.2 Å². The van der Waals surface area contributed by atoms with Crippen LogP contribution in [0.5, 0.6) is 5.75 Å². The van der Waals surface area contributed by atoms with Crippen molar-refractivity contribution in [2.24, 2.45) is 0 Å². The predicted octanol–water partition coefficient (Wildman–Crippen LogP) is 3.18. The summed E-state index contributed by atoms with van der Waals surface area (Å²) in [6.07, 6.45) is 0. The third-order valence-electron chi connectivity index (χ3n) is 4.57. The molecule has 1 N–H and O–H groups in total. The summed E-state index contributed by atoms with van der Waals surface area (Å²) in [4.78, 5) is 0.156. The molecule has 0 saturated carbocycles. The smallest absolute Gasteiger partial charge is 0.244 e. The lowest BCUT2D eigenvalue weighted by atomic mass is 10.1. The molecule has 1 aromatic carbocycles. The molecule has 0 saturated heterocycles. The molecule has 1 heterocycles. The highest BCUT2D eigenvalue weighted by atomic mass is 32.2. The van der Waals surface area contributed by atoms with E-state index in [1.54, 1.807) is 12.1 Å². The first kappa shape index (κ1) is 19.5. The van der Waals surface area contributed by atoms with Crippen molar-refractivity contribution in [2.75, 3.05) is 7.11 Å². The number of nitrogens with one attached hydrogen (secondary N) is 1. The van der Waals surface area contributed by atoms with Gasteiger partial charge >= 0.3 is 0 Å². The van der Waals surface area contributed by atoms with Gasteiger partial charge in [-0.1, -0.05) is 0 Å². The van der Waals surface area contributed by atoms with Crippen molar-refractivity contribution < 1.29 is 13.2 Å². The van der Waals surface area contributed by atoms with Crippen LogP contribution in [-0.2, 0) is 16.6 Å². The second kappa shape index (κ2) is 7.17. The average Bonchev–Trinajstić information content (AvgIpc) is 2.82. The first-order valence-corrected chi connectivity index (χ1v) is 9.82. The van der Waals surface area contributed by atoms with E-state index >= 15 is 0 Å². The van der Waals surface area contributed by atoms with Crippen LogP contribution in [0.4, 0.5) is 0 Å². The van der Waals surface area contributed by atoms with E-state index in [9.17, 15) is 8.42 Å². The van der Waals surface area contributed by atoms with Crippen molar-refractivity contribution in [1.82, 2.24) is 14.5 Å². The van der Waals surface area contributed by atoms with Crippen LogP contribution in [0.3, 0.4) is 0 Å². The number of rotatable bonds is 6. The van der Waals surface area contributed by atoms with Crippen LogP contribution in [0.1, 0.15) is 48.0 Å². The molecular formula is C18H27N3O3S. The number of hydrogen-bond donors (Lipinski definition) is 1. The number of ether oxygens (including phenoxy) is 1. The molecule has 0 aliphatic rings. The summed E-state index contributed by atoms with van der Waals surface area (Å²) in [7, 11) is -2.25. The van der Waals surface area contributed by atoms with Crippen molar-refractivity contribution in [3.63, 3.8) is 0 Å². The number of nitrogens with zero attached hydrogens (tertiary/aromatic N) is 2. The maximum Gasteiger partial charge on any atom is 0.244 e. The number of benzene rings is 1. The zero-order valence-electron chi connectivity index (χ0n) is 16.0. The lowest BCUT2D eigenvalue weighted by molar-refractivity contribution is 0.401. The molecular weight excluding hydrogens is 338 g/mol. The third kappa shape index (κ3) is 3.72. The molecule has 2 rings (SSSR count). The highest BCUT2D eigenvalue weighted by Crippen LogP contribution is 2.29. The summed E-state index contributed by atoms with van der Waals surface area (Å²) in [6, 6.07) is 3.01. The number of aryl methyl sites for hydroxylation is 4. The summed E-state index contributed by atoms with van der Waals surface area (Å²) in [5.74, 6) is 0.348. The minimum absolute atomic E-state index is 0.156. The van der Waals surface area contributed by atoms with E-state index in [4.69, 9.17) is 4.74 Å². The van der Waals surface area contributed by atoms with Crippen LogP contribution >= 0.6 is 0 Å². The maximum atomic E-state index is 12.9. The fourth-order valence-corrected chi connectivity index (χ4v) is 4.58. The van der Waals surface area contributed by atoms with Crippen molar-refractivity contribution in [1.29, 1.82) is 0 Å². The Bertz CT molecular complexity index is 885. The van der Waals surface area contributed by atoms with Crippen molar-refractivity contribution in [2.45, 2.75) is 59.0 Å². The Morgan fingerprint density at radius 3 is 2.32 bits per heavy atom. The second-order valence-corrected chi connectivity index (χ2v) is 8.01. The van der Waals surface area contributed by atoms with Gasteiger partial charge in [-0.3, -0.25) is 4.68 Å². The fraction of sp³-hybridized carbons (Fsp3) is 0.500. The molecule has 0 spiro atoms. The zero-order chi connectivity index (χ0) is 18.9. The van der Waals surface area contributed by atoms with Crippen LogP contribution in [0.15, 0.2) is 17.0 Å². The number of hydrogen-bond acceptors (Lipinski definition) is 4. The summed E-state index contributed by atoms with van der Waals surface area (Å²) in [6.45, 7) is 12.3. The highest BCUT2D eigenvalue weighted by Gasteiger charge is 2.26. The zero-order valence-corrected chi connectivity index (χ0v) is 16.8. The van der Waals surface area contributed by atoms with Gasteiger partial charge in [0.2, 0.25) is 10.0 Å². The molecule has 0 bridgehead atoms. The first-order valence-electron chi connectivity index (χ1n) is 8.33. The standard InChI is InChI=1S/C18H27N3O3S/c1-8-21-15(6)18(13(4)19-21)14(5)20-25(22,23)17-10-12(3)11(2)9-16(17)24-7/h9-10,14,20H,8H2,1-7H3/t14-/m1/s1. The summed E-state index contributed by atoms with van der Waals surface area (Å²) in [5, 5.41) is 4.47. The quantitative estimate of drug-likeness (QED) is 0.853. The van der Waals surface area contributed by atoms with Crippen LogP contribution in [0.25, 0.3) is 0 Å². The Labute approximate surface area is 150 Å². The van der Waals surface area contributed by atoms with Crippen molar-refractivity contribution >= 4 is 10.0 Å². The van der Waals surface area contributed by atoms with Crippen LogP contribution in [0.2, 0.25) is 0 Å². The van der Waals surface area contributed by atoms with Gasteiger partial charge in [0.05, 0.1) is 12.8 Å². The molecule has 25 heavy (non-hydrogen) atoms. The maximum absolute atomic E-state index is 12.9. The number of aromatic nitrogens is 2. The van der Waals surface area contributed by atoms with Crippen LogP contribution in [-0.4, -0.2) is 25.3 Å². The molecule has 7 heteroatoms. The molecule has 0 radical (unpaired) electrons. The lowest BCUT2D eigenvalue weighted by Crippen LogP contribution is -2.28. The van der Waals surface area contributed by atoms with E-state index in [1.165, 1.54) is 7.11 Å². The SMILES string of the molecule is CCn1nc(C)c([C@@H](C)NS(=O)(=O)c2cc(C)c(C)cc2OC)c1C. The van der Waals surface area contributed by atoms with Gasteiger partial charge in [-0.15, -0.1) is 0 Å². The van der Waals surface area contributed by atoms with Gasteiger partial charge in [-0.25, -0.2) is 13.1 Å². The molecule has 138 valence electrons. The van der Waals surface area contributed by atoms with Crippen LogP contribution in [0, 0.1) is 27.7 Å². The molecule has 2 aromatic rings. The molecule has 0 amide bonds. The molecule has 0 unspecified atom stereocenters. The monoisotopic (exact) mass is 365 g/mol. The van der Waals surface area contributed by atoms with E-state index in [-0.39, 0.29) is 4.90 Å². The lowest BCUT2D eigenvalue weighted by Gasteiger charge is -2.18. The van der Waals surface area contributed by atoms with Gasteiger partial charge in [0.25, 0.3) is 0 Å². The first-order chi connectivity index (χ1) is 11.6. The minimum Gasteiger partial charge on any atom is -0.495 e. The van der Waals surface area contributed by atoms with Gasteiger partial charge < -0.3 is 4.74 Å². The van der Waals surface area contributed by atoms with Gasteiger partial charge in [0.15, 0.2) is 0 Å². The Morgan fingerprint density at radius 2 is 1.80 bits per heavy atom. The van der Waals surface area contributed by atoms with E-state index < -0.39 is 16.1 Å². The van der Waals surface area contributed by atoms with Gasteiger partial charge in [-0.05, 0) is 64.8 Å². The second-order valence-electron chi connectivity index (χ2n) is 6.33. The minimum atomic E-state index is -3.73. The molecule has 6 nitrogen and oxygen atoms in total. The molecule has 0 aliphatic heterocycles. The van der Waals surface area contributed by atoms with Crippen molar-refractivity contribution in [3.05, 3.63) is 40.2 Å². The van der Waals surface area contributed by atoms with Gasteiger partial charge in [-0.2, -0.15) is 5.10 Å². The third-order valence-corrected chi connectivity index (χ3v) is 6.13. The molecule has 0 aliphatic carbocycles. The van der Waals surface area contributed by atoms with E-state index in [1.807, 2.05) is 46.2 Å². The Balaban J connectivity index is 2.43. The van der Waals surface area contributed by atoms with E-state index in [0.717, 1.165) is 34.6 Å². The molecule has 0 fully saturated rings. The Morgan fingerprint density at radius 1 is 1.20 bits per heavy atom. The predicted molar refractivity (Wildman–Crippen MR) is 98.6 cm³/mol. The Hall–Kier alpha value is -1.86. The normalized spacial score (nSPS) is 13.1. The largest absolute Gasteiger partial charge is 0.495 e. The van der Waals surface area contributed by atoms with E-state index in [2.05, 4.69) is 9.82 Å². The highest BCUT2D eigenvalue weighted by molar-refractivity contribution is 7.89. The number of methoxy groups -OCH3 is 1. The molecule has 1 aromatic heterocycles. The van der Waals surface area contributed by atoms with Crippen LogP contribution < -0.4 is 9.46 Å². The summed E-state index contributed by atoms with van der Waals surface area (Å²) >= 11 is 0. The van der Waals surface area contributed by atoms with E-state index in [0.29, 0.717) is 5.75 Å². The Kier molecular flexibility index (Phi) is 5.58. The van der Waals surface area contributed by atoms with Gasteiger partial charge in [0.1, 0.15) is 10.6 Å². The average molecular weight is 365 g/mol. The van der Waals surface area contributed by atoms with Crippen molar-refractivity contribution in [3.8, 4) is 5.75 Å². The fourth-order valence-electron chi connectivity index (χ4n) is 3.13. The summed E-state index contributed by atoms with van der Waals surface area (Å²) < 4.78 is 35.8. The van der Waals surface area contributed by atoms with Gasteiger partial charge in [0, 0.05) is 23.8 Å². The summed E-state index contributed by atoms with van der Waals surface area (Å²) in [5.41, 5.74) is 4.61. The molecule has 1 atom stereocenters. The number of sulfonamides is 1.